The molecule has 0 aliphatic carbocycles. The Labute approximate surface area is 182 Å². The summed E-state index contributed by atoms with van der Waals surface area (Å²) >= 11 is 6.11. The van der Waals surface area contributed by atoms with Crippen LogP contribution in [-0.2, 0) is 13.1 Å². The lowest BCUT2D eigenvalue weighted by Gasteiger charge is -2.24. The lowest BCUT2D eigenvalue weighted by atomic mass is 10.2. The van der Waals surface area contributed by atoms with Crippen molar-refractivity contribution < 1.29 is 9.18 Å². The quantitative estimate of drug-likeness (QED) is 0.386. The van der Waals surface area contributed by atoms with E-state index in [9.17, 15) is 9.18 Å². The van der Waals surface area contributed by atoms with Gasteiger partial charge in [-0.2, -0.15) is 0 Å². The van der Waals surface area contributed by atoms with Crippen LogP contribution in [0.25, 0.3) is 0 Å². The van der Waals surface area contributed by atoms with E-state index >= 15 is 0 Å². The Morgan fingerprint density at radius 3 is 2.70 bits per heavy atom. The second-order valence-corrected chi connectivity index (χ2v) is 7.73. The van der Waals surface area contributed by atoms with Crippen molar-refractivity contribution in [3.8, 4) is 0 Å². The molecule has 6 heteroatoms. The number of hydrogen-bond donors (Lipinski definition) is 1. The van der Waals surface area contributed by atoms with Gasteiger partial charge in [-0.05, 0) is 48.4 Å². The zero-order chi connectivity index (χ0) is 21.3. The van der Waals surface area contributed by atoms with Crippen LogP contribution in [0.2, 0.25) is 5.02 Å². The van der Waals surface area contributed by atoms with Crippen molar-refractivity contribution in [1.82, 2.24) is 9.47 Å². The largest absolute Gasteiger partial charge is 0.345 e. The molecule has 0 bridgehead atoms. The molecule has 0 atom stereocenters. The maximum Gasteiger partial charge on any atom is 0.322 e. The van der Waals surface area contributed by atoms with Gasteiger partial charge in [-0.25, -0.2) is 9.18 Å². The molecule has 0 aliphatic rings. The lowest BCUT2D eigenvalue weighted by Crippen LogP contribution is -2.36. The summed E-state index contributed by atoms with van der Waals surface area (Å²) in [6.07, 6.45) is 4.99. The van der Waals surface area contributed by atoms with E-state index in [2.05, 4.69) is 16.8 Å². The van der Waals surface area contributed by atoms with Gasteiger partial charge in [-0.3, -0.25) is 0 Å². The molecule has 0 radical (unpaired) electrons. The lowest BCUT2D eigenvalue weighted by molar-refractivity contribution is 0.206. The number of urea groups is 1. The van der Waals surface area contributed by atoms with Crippen LogP contribution in [0.5, 0.6) is 0 Å². The second kappa shape index (κ2) is 10.8. The summed E-state index contributed by atoms with van der Waals surface area (Å²) in [7, 11) is 0. The van der Waals surface area contributed by atoms with Gasteiger partial charge in [0.15, 0.2) is 0 Å². The van der Waals surface area contributed by atoms with Crippen LogP contribution in [0.3, 0.4) is 0 Å². The monoisotopic (exact) mass is 427 g/mol. The number of amides is 2. The molecule has 0 unspecified atom stereocenters. The Balaban J connectivity index is 1.74. The standard InChI is InChI=1S/C24H27ClFN3O/c1-2-3-6-14-29(24(30)27-23-13-5-4-12-22(23)26)18-21-11-8-15-28(21)17-19-9-7-10-20(25)16-19/h4-5,7-13,15-16H,2-3,6,14,17-18H2,1H3,(H,27,30). The summed E-state index contributed by atoms with van der Waals surface area (Å²) in [4.78, 5) is 14.7. The second-order valence-electron chi connectivity index (χ2n) is 7.30. The summed E-state index contributed by atoms with van der Waals surface area (Å²) < 4.78 is 16.1. The van der Waals surface area contributed by atoms with Crippen molar-refractivity contribution >= 4 is 23.3 Å². The van der Waals surface area contributed by atoms with E-state index < -0.39 is 5.82 Å². The minimum absolute atomic E-state index is 0.192. The first-order valence-electron chi connectivity index (χ1n) is 10.3. The molecular weight excluding hydrogens is 401 g/mol. The predicted molar refractivity (Wildman–Crippen MR) is 120 cm³/mol. The van der Waals surface area contributed by atoms with Gasteiger partial charge in [0.2, 0.25) is 0 Å². The summed E-state index contributed by atoms with van der Waals surface area (Å²) in [6, 6.07) is 17.6. The van der Waals surface area contributed by atoms with Crippen LogP contribution in [0, 0.1) is 5.82 Å². The molecule has 0 fully saturated rings. The molecule has 3 rings (SSSR count). The van der Waals surface area contributed by atoms with Crippen LogP contribution in [-0.4, -0.2) is 22.0 Å². The fraction of sp³-hybridized carbons (Fsp3) is 0.292. The van der Waals surface area contributed by atoms with E-state index in [1.54, 1.807) is 23.1 Å². The van der Waals surface area contributed by atoms with E-state index in [-0.39, 0.29) is 11.7 Å². The maximum absolute atomic E-state index is 14.0. The van der Waals surface area contributed by atoms with Gasteiger partial charge in [-0.1, -0.05) is 55.6 Å². The average Bonchev–Trinajstić information content (AvgIpc) is 3.15. The Morgan fingerprint density at radius 2 is 1.93 bits per heavy atom. The number of aromatic nitrogens is 1. The third kappa shape index (κ3) is 6.10. The molecule has 4 nitrogen and oxygen atoms in total. The number of hydrogen-bond acceptors (Lipinski definition) is 1. The SMILES string of the molecule is CCCCCN(Cc1cccn1Cc1cccc(Cl)c1)C(=O)Nc1ccccc1F. The molecule has 3 aromatic rings. The predicted octanol–water partition coefficient (Wildman–Crippen LogP) is 6.55. The third-order valence-electron chi connectivity index (χ3n) is 4.95. The molecule has 2 aromatic carbocycles. The number of nitrogens with zero attached hydrogens (tertiary/aromatic N) is 2. The van der Waals surface area contributed by atoms with Crippen LogP contribution < -0.4 is 5.32 Å². The molecule has 30 heavy (non-hydrogen) atoms. The highest BCUT2D eigenvalue weighted by Gasteiger charge is 2.17. The molecule has 0 saturated carbocycles. The van der Waals surface area contributed by atoms with Crippen molar-refractivity contribution in [3.05, 3.63) is 89.0 Å². The average molecular weight is 428 g/mol. The highest BCUT2D eigenvalue weighted by Crippen LogP contribution is 2.17. The molecule has 1 N–H and O–H groups in total. The Morgan fingerprint density at radius 1 is 1.10 bits per heavy atom. The van der Waals surface area contributed by atoms with E-state index in [0.717, 1.165) is 30.5 Å². The number of halogens is 2. The maximum atomic E-state index is 14.0. The number of anilines is 1. The summed E-state index contributed by atoms with van der Waals surface area (Å²) in [5, 5.41) is 3.41. The number of carbonyl (C=O) groups excluding carboxylic acids is 1. The number of carbonyl (C=O) groups is 1. The van der Waals surface area contributed by atoms with Crippen LogP contribution in [0.1, 0.15) is 37.4 Å². The van der Waals surface area contributed by atoms with Crippen molar-refractivity contribution in [2.24, 2.45) is 0 Å². The number of rotatable bonds is 9. The number of benzene rings is 2. The zero-order valence-electron chi connectivity index (χ0n) is 17.2. The van der Waals surface area contributed by atoms with Gasteiger partial charge in [0, 0.05) is 30.0 Å². The van der Waals surface area contributed by atoms with Crippen molar-refractivity contribution in [2.75, 3.05) is 11.9 Å². The first-order valence-corrected chi connectivity index (χ1v) is 10.6. The first-order chi connectivity index (χ1) is 14.6. The number of para-hydroxylation sites is 1. The highest BCUT2D eigenvalue weighted by molar-refractivity contribution is 6.30. The van der Waals surface area contributed by atoms with Gasteiger partial charge < -0.3 is 14.8 Å². The topological polar surface area (TPSA) is 37.3 Å². The van der Waals surface area contributed by atoms with Gasteiger partial charge >= 0.3 is 6.03 Å². The molecule has 158 valence electrons. The zero-order valence-corrected chi connectivity index (χ0v) is 17.9. The Hall–Kier alpha value is -2.79. The fourth-order valence-electron chi connectivity index (χ4n) is 3.34. The summed E-state index contributed by atoms with van der Waals surface area (Å²) in [6.45, 7) is 3.84. The molecule has 0 aliphatic heterocycles. The van der Waals surface area contributed by atoms with Crippen molar-refractivity contribution in [2.45, 2.75) is 39.3 Å². The van der Waals surface area contributed by atoms with Crippen LogP contribution in [0.15, 0.2) is 66.9 Å². The van der Waals surface area contributed by atoms with Crippen molar-refractivity contribution in [1.29, 1.82) is 0 Å². The minimum Gasteiger partial charge on any atom is -0.345 e. The summed E-state index contributed by atoms with van der Waals surface area (Å²) in [5.74, 6) is -0.441. The van der Waals surface area contributed by atoms with E-state index in [0.29, 0.717) is 24.7 Å². The van der Waals surface area contributed by atoms with Crippen molar-refractivity contribution in [3.63, 3.8) is 0 Å². The van der Waals surface area contributed by atoms with E-state index in [1.807, 2.05) is 42.6 Å². The van der Waals surface area contributed by atoms with Gasteiger partial charge in [-0.15, -0.1) is 0 Å². The molecule has 2 amide bonds. The number of unbranched alkanes of at least 4 members (excludes halogenated alkanes) is 2. The first kappa shape index (κ1) is 21.9. The Kier molecular flexibility index (Phi) is 7.91. The normalized spacial score (nSPS) is 10.8. The number of nitrogens with one attached hydrogen (secondary N) is 1. The van der Waals surface area contributed by atoms with Crippen LogP contribution >= 0.6 is 11.6 Å². The smallest absolute Gasteiger partial charge is 0.322 e. The molecule has 1 heterocycles. The molecule has 0 spiro atoms. The fourth-order valence-corrected chi connectivity index (χ4v) is 3.55. The van der Waals surface area contributed by atoms with E-state index in [1.165, 1.54) is 6.07 Å². The Bertz CT molecular complexity index is 972. The summed E-state index contributed by atoms with van der Waals surface area (Å²) in [5.41, 5.74) is 2.29. The molecule has 0 saturated heterocycles. The van der Waals surface area contributed by atoms with E-state index in [4.69, 9.17) is 11.6 Å². The third-order valence-corrected chi connectivity index (χ3v) is 5.19. The molecule has 1 aromatic heterocycles. The van der Waals surface area contributed by atoms with Crippen LogP contribution in [0.4, 0.5) is 14.9 Å². The minimum atomic E-state index is -0.441. The highest BCUT2D eigenvalue weighted by atomic mass is 35.5. The van der Waals surface area contributed by atoms with Gasteiger partial charge in [0.25, 0.3) is 0 Å². The molecular formula is C24H27ClFN3O. The van der Waals surface area contributed by atoms with Gasteiger partial charge in [0.05, 0.1) is 12.2 Å². The van der Waals surface area contributed by atoms with Gasteiger partial charge in [0.1, 0.15) is 5.82 Å².